The maximum absolute atomic E-state index is 13.3. The molecule has 0 N–H and O–H groups in total. The van der Waals surface area contributed by atoms with Gasteiger partial charge < -0.3 is 4.90 Å². The number of rotatable bonds is 3. The summed E-state index contributed by atoms with van der Waals surface area (Å²) in [6, 6.07) is 7.09. The Morgan fingerprint density at radius 1 is 1.47 bits per heavy atom. The van der Waals surface area contributed by atoms with Gasteiger partial charge in [-0.1, -0.05) is 0 Å². The number of hydrogen-bond donors (Lipinski definition) is 0. The lowest BCUT2D eigenvalue weighted by Gasteiger charge is -2.36. The van der Waals surface area contributed by atoms with Gasteiger partial charge in [0.1, 0.15) is 5.82 Å². The van der Waals surface area contributed by atoms with Crippen LogP contribution in [0.1, 0.15) is 24.0 Å². The number of likely N-dealkylation sites (N-methyl/N-ethyl adjacent to an activating group) is 1. The van der Waals surface area contributed by atoms with E-state index < -0.39 is 0 Å². The number of nitriles is 1. The van der Waals surface area contributed by atoms with Crippen LogP contribution in [0.15, 0.2) is 18.2 Å². The monoisotopic (exact) mass is 261 g/mol. The van der Waals surface area contributed by atoms with E-state index in [4.69, 9.17) is 5.26 Å². The van der Waals surface area contributed by atoms with E-state index >= 15 is 0 Å². The van der Waals surface area contributed by atoms with E-state index in [1.807, 2.05) is 0 Å². The third-order valence-electron chi connectivity index (χ3n) is 3.79. The van der Waals surface area contributed by atoms with Crippen LogP contribution in [0.3, 0.4) is 0 Å². The first-order valence-electron chi connectivity index (χ1n) is 6.67. The van der Waals surface area contributed by atoms with Gasteiger partial charge in [0.05, 0.1) is 11.6 Å². The molecule has 0 aromatic heterocycles. The molecule has 1 aromatic carbocycles. The highest BCUT2D eigenvalue weighted by molar-refractivity contribution is 5.37. The van der Waals surface area contributed by atoms with Gasteiger partial charge in [0.15, 0.2) is 0 Å². The van der Waals surface area contributed by atoms with Crippen molar-refractivity contribution in [2.45, 2.75) is 25.4 Å². The molecule has 1 heterocycles. The number of likely N-dealkylation sites (tertiary alicyclic amines) is 1. The summed E-state index contributed by atoms with van der Waals surface area (Å²) in [6.07, 6.45) is 2.36. The predicted molar refractivity (Wildman–Crippen MR) is 73.1 cm³/mol. The lowest BCUT2D eigenvalue weighted by Crippen LogP contribution is -2.44. The summed E-state index contributed by atoms with van der Waals surface area (Å²) < 4.78 is 13.3. The minimum Gasteiger partial charge on any atom is -0.305 e. The Hall–Kier alpha value is -1.44. The van der Waals surface area contributed by atoms with Crippen LogP contribution >= 0.6 is 0 Å². The van der Waals surface area contributed by atoms with Crippen LogP contribution in [0.25, 0.3) is 0 Å². The van der Waals surface area contributed by atoms with E-state index in [9.17, 15) is 4.39 Å². The van der Waals surface area contributed by atoms with Crippen LogP contribution in [0.4, 0.5) is 4.39 Å². The van der Waals surface area contributed by atoms with Gasteiger partial charge in [-0.15, -0.1) is 0 Å². The summed E-state index contributed by atoms with van der Waals surface area (Å²) in [5, 5.41) is 9.08. The lowest BCUT2D eigenvalue weighted by molar-refractivity contribution is 0.128. The van der Waals surface area contributed by atoms with Gasteiger partial charge in [-0.2, -0.15) is 5.26 Å². The lowest BCUT2D eigenvalue weighted by atomic mass is 10.0. The highest BCUT2D eigenvalue weighted by Crippen LogP contribution is 2.18. The normalized spacial score (nSPS) is 20.5. The van der Waals surface area contributed by atoms with E-state index in [-0.39, 0.29) is 5.82 Å². The molecule has 0 radical (unpaired) electrons. The molecule has 4 heteroatoms. The number of piperidine rings is 1. The molecule has 0 saturated carbocycles. The fourth-order valence-corrected chi connectivity index (χ4v) is 2.64. The maximum Gasteiger partial charge on any atom is 0.123 e. The summed E-state index contributed by atoms with van der Waals surface area (Å²) >= 11 is 0. The van der Waals surface area contributed by atoms with E-state index in [1.165, 1.54) is 18.6 Å². The van der Waals surface area contributed by atoms with Crippen molar-refractivity contribution < 1.29 is 4.39 Å². The summed E-state index contributed by atoms with van der Waals surface area (Å²) in [5.74, 6) is -0.268. The second-order valence-corrected chi connectivity index (χ2v) is 5.41. The first-order valence-corrected chi connectivity index (χ1v) is 6.67. The molecule has 102 valence electrons. The Bertz CT molecular complexity index is 479. The van der Waals surface area contributed by atoms with Gasteiger partial charge >= 0.3 is 0 Å². The molecule has 0 amide bonds. The molecule has 0 aliphatic carbocycles. The van der Waals surface area contributed by atoms with Gasteiger partial charge in [-0.25, -0.2) is 4.39 Å². The van der Waals surface area contributed by atoms with Crippen molar-refractivity contribution in [3.05, 3.63) is 35.1 Å². The molecule has 1 aliphatic heterocycles. The third-order valence-corrected chi connectivity index (χ3v) is 3.79. The number of hydrogen-bond acceptors (Lipinski definition) is 3. The van der Waals surface area contributed by atoms with E-state index in [0.29, 0.717) is 18.2 Å². The van der Waals surface area contributed by atoms with Gasteiger partial charge in [0.2, 0.25) is 0 Å². The maximum atomic E-state index is 13.3. The van der Waals surface area contributed by atoms with Crippen LogP contribution in [0.5, 0.6) is 0 Å². The minimum absolute atomic E-state index is 0.268. The minimum atomic E-state index is -0.268. The van der Waals surface area contributed by atoms with Gasteiger partial charge in [-0.3, -0.25) is 4.90 Å². The molecular formula is C15H20FN3. The molecular weight excluding hydrogens is 241 g/mol. The van der Waals surface area contributed by atoms with Crippen molar-refractivity contribution in [3.63, 3.8) is 0 Å². The molecule has 1 aromatic rings. The van der Waals surface area contributed by atoms with Crippen molar-refractivity contribution in [3.8, 4) is 6.07 Å². The van der Waals surface area contributed by atoms with Crippen molar-refractivity contribution in [2.75, 3.05) is 27.2 Å². The van der Waals surface area contributed by atoms with Crippen LogP contribution in [0.2, 0.25) is 0 Å². The van der Waals surface area contributed by atoms with E-state index in [2.05, 4.69) is 30.0 Å². The zero-order valence-electron chi connectivity index (χ0n) is 11.6. The SMILES string of the molecule is CN(C)C1CCCN(Cc2cc(F)ccc2C#N)C1. The average molecular weight is 261 g/mol. The highest BCUT2D eigenvalue weighted by atomic mass is 19.1. The molecule has 2 rings (SSSR count). The molecule has 0 spiro atoms. The standard InChI is InChI=1S/C15H20FN3/c1-18(2)15-4-3-7-19(11-15)10-13-8-14(16)6-5-12(13)9-17/h5-6,8,15H,3-4,7,10-11H2,1-2H3. The molecule has 3 nitrogen and oxygen atoms in total. The number of benzene rings is 1. The van der Waals surface area contributed by atoms with Crippen molar-refractivity contribution in [2.24, 2.45) is 0 Å². The summed E-state index contributed by atoms with van der Waals surface area (Å²) in [7, 11) is 4.19. The largest absolute Gasteiger partial charge is 0.305 e. The topological polar surface area (TPSA) is 30.3 Å². The molecule has 1 unspecified atom stereocenters. The Morgan fingerprint density at radius 3 is 2.95 bits per heavy atom. The van der Waals surface area contributed by atoms with Crippen LogP contribution < -0.4 is 0 Å². The summed E-state index contributed by atoms with van der Waals surface area (Å²) in [4.78, 5) is 4.55. The van der Waals surface area contributed by atoms with Gasteiger partial charge in [0.25, 0.3) is 0 Å². The molecule has 1 saturated heterocycles. The van der Waals surface area contributed by atoms with Crippen molar-refractivity contribution in [1.82, 2.24) is 9.80 Å². The second-order valence-electron chi connectivity index (χ2n) is 5.41. The fourth-order valence-electron chi connectivity index (χ4n) is 2.64. The highest BCUT2D eigenvalue weighted by Gasteiger charge is 2.22. The zero-order valence-corrected chi connectivity index (χ0v) is 11.6. The zero-order chi connectivity index (χ0) is 13.8. The quantitative estimate of drug-likeness (QED) is 0.836. The fraction of sp³-hybridized carbons (Fsp3) is 0.533. The first kappa shape index (κ1) is 14.0. The summed E-state index contributed by atoms with van der Waals surface area (Å²) in [5.41, 5.74) is 1.37. The molecule has 1 aliphatic rings. The average Bonchev–Trinajstić information content (AvgIpc) is 2.39. The van der Waals surface area contributed by atoms with Crippen LogP contribution in [0, 0.1) is 17.1 Å². The van der Waals surface area contributed by atoms with Crippen LogP contribution in [-0.4, -0.2) is 43.0 Å². The van der Waals surface area contributed by atoms with Gasteiger partial charge in [-0.05, 0) is 57.2 Å². The summed E-state index contributed by atoms with van der Waals surface area (Å²) in [6.45, 7) is 2.66. The van der Waals surface area contributed by atoms with Crippen LogP contribution in [-0.2, 0) is 6.54 Å². The predicted octanol–water partition coefficient (Wildman–Crippen LogP) is 2.22. The molecule has 0 bridgehead atoms. The number of halogens is 1. The Kier molecular flexibility index (Phi) is 4.52. The third kappa shape index (κ3) is 3.52. The molecule has 1 atom stereocenters. The Balaban J connectivity index is 2.09. The van der Waals surface area contributed by atoms with Crippen molar-refractivity contribution in [1.29, 1.82) is 5.26 Å². The Morgan fingerprint density at radius 2 is 2.26 bits per heavy atom. The molecule has 19 heavy (non-hydrogen) atoms. The Labute approximate surface area is 114 Å². The second kappa shape index (κ2) is 6.14. The van der Waals surface area contributed by atoms with E-state index in [1.54, 1.807) is 6.07 Å². The van der Waals surface area contributed by atoms with Gasteiger partial charge in [0, 0.05) is 19.1 Å². The van der Waals surface area contributed by atoms with E-state index in [0.717, 1.165) is 25.1 Å². The number of nitrogens with zero attached hydrogens (tertiary/aromatic N) is 3. The molecule has 1 fully saturated rings. The van der Waals surface area contributed by atoms with Crippen molar-refractivity contribution >= 4 is 0 Å². The smallest absolute Gasteiger partial charge is 0.123 e. The first-order chi connectivity index (χ1) is 9.10.